The molecule has 0 aromatic carbocycles. The first-order chi connectivity index (χ1) is 7.61. The van der Waals surface area contributed by atoms with E-state index in [1.165, 1.54) is 11.6 Å². The van der Waals surface area contributed by atoms with Crippen LogP contribution in [0.15, 0.2) is 9.59 Å². The van der Waals surface area contributed by atoms with Crippen molar-refractivity contribution < 1.29 is 0 Å². The monoisotopic (exact) mass is 236 g/mol. The highest BCUT2D eigenvalue weighted by atomic mass is 32.1. The molecular formula is C9H8N4O2S. The molecule has 0 N–H and O–H groups in total. The molecule has 0 bridgehead atoms. The highest BCUT2D eigenvalue weighted by Crippen LogP contribution is 2.15. The van der Waals surface area contributed by atoms with Gasteiger partial charge in [-0.25, -0.2) is 4.79 Å². The van der Waals surface area contributed by atoms with Crippen LogP contribution in [0.4, 0.5) is 0 Å². The molecule has 0 aliphatic rings. The maximum absolute atomic E-state index is 11.9. The van der Waals surface area contributed by atoms with Gasteiger partial charge in [0.1, 0.15) is 16.3 Å². The van der Waals surface area contributed by atoms with Gasteiger partial charge >= 0.3 is 5.69 Å². The van der Waals surface area contributed by atoms with Gasteiger partial charge in [0, 0.05) is 13.6 Å². The van der Waals surface area contributed by atoms with E-state index >= 15 is 0 Å². The number of nitrogens with zero attached hydrogens (tertiary/aromatic N) is 4. The molecule has 0 fully saturated rings. The summed E-state index contributed by atoms with van der Waals surface area (Å²) < 4.78 is 6.34. The number of aromatic nitrogens is 3. The van der Waals surface area contributed by atoms with Crippen LogP contribution in [0.3, 0.4) is 0 Å². The number of nitriles is 1. The molecule has 6 nitrogen and oxygen atoms in total. The Morgan fingerprint density at radius 3 is 2.75 bits per heavy atom. The minimum absolute atomic E-state index is 0.233. The summed E-state index contributed by atoms with van der Waals surface area (Å²) in [6.07, 6.45) is 0. The van der Waals surface area contributed by atoms with E-state index < -0.39 is 11.2 Å². The fourth-order valence-electron chi connectivity index (χ4n) is 1.55. The molecule has 0 atom stereocenters. The zero-order valence-corrected chi connectivity index (χ0v) is 9.54. The predicted molar refractivity (Wildman–Crippen MR) is 59.5 cm³/mol. The van der Waals surface area contributed by atoms with Gasteiger partial charge in [-0.1, -0.05) is 0 Å². The largest absolute Gasteiger partial charge is 0.332 e. The lowest BCUT2D eigenvalue weighted by Gasteiger charge is -2.04. The maximum Gasteiger partial charge on any atom is 0.332 e. The highest BCUT2D eigenvalue weighted by Gasteiger charge is 2.16. The Hall–Kier alpha value is -1.94. The minimum Gasteiger partial charge on any atom is -0.280 e. The molecule has 0 aliphatic carbocycles. The van der Waals surface area contributed by atoms with Crippen LogP contribution < -0.4 is 11.2 Å². The van der Waals surface area contributed by atoms with Crippen molar-refractivity contribution in [2.45, 2.75) is 13.5 Å². The zero-order chi connectivity index (χ0) is 11.9. The maximum atomic E-state index is 11.9. The molecule has 0 spiro atoms. The third kappa shape index (κ3) is 1.20. The molecule has 0 saturated carbocycles. The van der Waals surface area contributed by atoms with E-state index in [1.54, 1.807) is 6.92 Å². The summed E-state index contributed by atoms with van der Waals surface area (Å²) >= 11 is 0.935. The first-order valence-corrected chi connectivity index (χ1v) is 5.38. The average molecular weight is 236 g/mol. The van der Waals surface area contributed by atoms with Crippen LogP contribution in [-0.2, 0) is 13.6 Å². The fraction of sp³-hybridized carbons (Fsp3) is 0.333. The summed E-state index contributed by atoms with van der Waals surface area (Å²) in [7, 11) is 1.54. The Labute approximate surface area is 94.1 Å². The Kier molecular flexibility index (Phi) is 2.36. The SMILES string of the molecule is CCn1c(=O)c2c(C#N)snc2n(C)c1=O. The summed E-state index contributed by atoms with van der Waals surface area (Å²) in [4.78, 5) is 23.9. The average Bonchev–Trinajstić information content (AvgIpc) is 2.70. The van der Waals surface area contributed by atoms with Crippen molar-refractivity contribution in [3.05, 3.63) is 25.7 Å². The number of rotatable bonds is 1. The molecule has 7 heteroatoms. The first-order valence-electron chi connectivity index (χ1n) is 4.61. The second kappa shape index (κ2) is 3.57. The Morgan fingerprint density at radius 1 is 1.50 bits per heavy atom. The van der Waals surface area contributed by atoms with Gasteiger partial charge in [-0.3, -0.25) is 13.9 Å². The van der Waals surface area contributed by atoms with Gasteiger partial charge in [0.15, 0.2) is 5.65 Å². The Balaban J connectivity index is 3.14. The first kappa shape index (κ1) is 10.6. The van der Waals surface area contributed by atoms with Crippen molar-refractivity contribution in [3.8, 4) is 6.07 Å². The molecule has 16 heavy (non-hydrogen) atoms. The Bertz CT molecular complexity index is 716. The van der Waals surface area contributed by atoms with Crippen LogP contribution >= 0.6 is 11.5 Å². The van der Waals surface area contributed by atoms with E-state index in [9.17, 15) is 9.59 Å². The summed E-state index contributed by atoms with van der Waals surface area (Å²) in [5, 5.41) is 9.09. The molecule has 2 heterocycles. The van der Waals surface area contributed by atoms with E-state index in [0.717, 1.165) is 16.1 Å². The molecule has 0 amide bonds. The molecule has 2 aromatic rings. The molecule has 2 aromatic heterocycles. The lowest BCUT2D eigenvalue weighted by Crippen LogP contribution is -2.38. The Morgan fingerprint density at radius 2 is 2.19 bits per heavy atom. The van der Waals surface area contributed by atoms with E-state index in [2.05, 4.69) is 4.37 Å². The summed E-state index contributed by atoms with van der Waals surface area (Å²) in [5.74, 6) is 0. The van der Waals surface area contributed by atoms with E-state index in [1.807, 2.05) is 6.07 Å². The number of hydrogen-bond acceptors (Lipinski definition) is 5. The van der Waals surface area contributed by atoms with Gasteiger partial charge < -0.3 is 0 Å². The smallest absolute Gasteiger partial charge is 0.280 e. The third-order valence-electron chi connectivity index (χ3n) is 2.39. The predicted octanol–water partition coefficient (Wildman–Crippen LogP) is 0.0483. The van der Waals surface area contributed by atoms with Gasteiger partial charge in [-0.2, -0.15) is 9.64 Å². The van der Waals surface area contributed by atoms with E-state index in [4.69, 9.17) is 5.26 Å². The van der Waals surface area contributed by atoms with Crippen molar-refractivity contribution >= 4 is 22.6 Å². The molecule has 2 rings (SSSR count). The minimum atomic E-state index is -0.439. The number of hydrogen-bond donors (Lipinski definition) is 0. The van der Waals surface area contributed by atoms with Gasteiger partial charge in [-0.15, -0.1) is 0 Å². The van der Waals surface area contributed by atoms with E-state index in [0.29, 0.717) is 0 Å². The third-order valence-corrected chi connectivity index (χ3v) is 3.13. The van der Waals surface area contributed by atoms with Gasteiger partial charge in [0.2, 0.25) is 0 Å². The van der Waals surface area contributed by atoms with Crippen molar-refractivity contribution in [3.63, 3.8) is 0 Å². The number of aryl methyl sites for hydroxylation is 1. The van der Waals surface area contributed by atoms with Gasteiger partial charge in [0.25, 0.3) is 5.56 Å². The summed E-state index contributed by atoms with van der Waals surface area (Å²) in [6, 6.07) is 1.92. The van der Waals surface area contributed by atoms with Crippen LogP contribution in [0, 0.1) is 11.3 Å². The molecule has 0 unspecified atom stereocenters. The second-order valence-corrected chi connectivity index (χ2v) is 3.99. The standard InChI is InChI=1S/C9H8N4O2S/c1-3-13-8(14)6-5(4-10)16-11-7(6)12(2)9(13)15/h3H2,1-2H3. The van der Waals surface area contributed by atoms with Crippen LogP contribution in [0.25, 0.3) is 11.0 Å². The van der Waals surface area contributed by atoms with Crippen molar-refractivity contribution in [1.82, 2.24) is 13.5 Å². The van der Waals surface area contributed by atoms with Crippen molar-refractivity contribution in [1.29, 1.82) is 5.26 Å². The second-order valence-electron chi connectivity index (χ2n) is 3.21. The van der Waals surface area contributed by atoms with Crippen LogP contribution in [0.2, 0.25) is 0 Å². The topological polar surface area (TPSA) is 80.7 Å². The molecule has 0 saturated heterocycles. The quantitative estimate of drug-likeness (QED) is 0.700. The molecule has 82 valence electrons. The number of fused-ring (bicyclic) bond motifs is 1. The normalized spacial score (nSPS) is 10.6. The zero-order valence-electron chi connectivity index (χ0n) is 8.72. The van der Waals surface area contributed by atoms with Crippen LogP contribution in [0.1, 0.15) is 11.8 Å². The van der Waals surface area contributed by atoms with Crippen molar-refractivity contribution in [2.24, 2.45) is 7.05 Å². The summed E-state index contributed by atoms with van der Waals surface area (Å²) in [6.45, 7) is 1.99. The van der Waals surface area contributed by atoms with Gasteiger partial charge in [0.05, 0.1) is 0 Å². The van der Waals surface area contributed by atoms with Crippen LogP contribution in [0.5, 0.6) is 0 Å². The summed E-state index contributed by atoms with van der Waals surface area (Å²) in [5.41, 5.74) is -0.568. The van der Waals surface area contributed by atoms with Crippen molar-refractivity contribution in [2.75, 3.05) is 0 Å². The molecule has 0 aliphatic heterocycles. The highest BCUT2D eigenvalue weighted by molar-refractivity contribution is 7.07. The van der Waals surface area contributed by atoms with E-state index in [-0.39, 0.29) is 22.5 Å². The lowest BCUT2D eigenvalue weighted by molar-refractivity contribution is 0.638. The molecular weight excluding hydrogens is 228 g/mol. The van der Waals surface area contributed by atoms with Crippen LogP contribution in [-0.4, -0.2) is 13.5 Å². The fourth-order valence-corrected chi connectivity index (χ4v) is 2.25. The lowest BCUT2D eigenvalue weighted by atomic mass is 10.3. The molecule has 0 radical (unpaired) electrons. The van der Waals surface area contributed by atoms with Gasteiger partial charge in [-0.05, 0) is 18.5 Å².